The summed E-state index contributed by atoms with van der Waals surface area (Å²) in [4.78, 5) is 2.23. The van der Waals surface area contributed by atoms with Crippen molar-refractivity contribution in [2.45, 2.75) is 45.8 Å². The average Bonchev–Trinajstić information content (AvgIpc) is 2.37. The lowest BCUT2D eigenvalue weighted by molar-refractivity contribution is 0.423. The van der Waals surface area contributed by atoms with Crippen molar-refractivity contribution in [1.29, 1.82) is 0 Å². The molecule has 4 heteroatoms. The van der Waals surface area contributed by atoms with E-state index >= 15 is 0 Å². The van der Waals surface area contributed by atoms with E-state index in [0.717, 1.165) is 29.3 Å². The molecule has 0 aliphatic carbocycles. The summed E-state index contributed by atoms with van der Waals surface area (Å²) in [6.07, 6.45) is 0. The molecule has 112 valence electrons. The maximum atomic E-state index is 14.4. The topological polar surface area (TPSA) is 15.3 Å². The summed E-state index contributed by atoms with van der Waals surface area (Å²) in [5, 5.41) is 3.46. The summed E-state index contributed by atoms with van der Waals surface area (Å²) in [7, 11) is 0. The second-order valence-corrected chi connectivity index (χ2v) is 7.62. The first kappa shape index (κ1) is 15.6. The fourth-order valence-electron chi connectivity index (χ4n) is 2.44. The van der Waals surface area contributed by atoms with Crippen molar-refractivity contribution in [3.63, 3.8) is 0 Å². The summed E-state index contributed by atoms with van der Waals surface area (Å²) >= 11 is 1.95. The highest BCUT2D eigenvalue weighted by atomic mass is 32.2. The molecular weight excluding hydrogens is 271 g/mol. The number of halogens is 1. The van der Waals surface area contributed by atoms with Gasteiger partial charge in [0.2, 0.25) is 0 Å². The first-order valence-corrected chi connectivity index (χ1v) is 8.41. The molecule has 0 spiro atoms. The molecule has 0 radical (unpaired) electrons. The minimum atomic E-state index is -0.100. The second kappa shape index (κ2) is 6.35. The zero-order chi connectivity index (χ0) is 14.8. The van der Waals surface area contributed by atoms with E-state index < -0.39 is 0 Å². The van der Waals surface area contributed by atoms with Gasteiger partial charge in [0, 0.05) is 36.2 Å². The van der Waals surface area contributed by atoms with Crippen LogP contribution in [0.4, 0.5) is 10.1 Å². The van der Waals surface area contributed by atoms with Gasteiger partial charge in [-0.1, -0.05) is 12.1 Å². The number of rotatable bonds is 3. The summed E-state index contributed by atoms with van der Waals surface area (Å²) in [6, 6.07) is 5.80. The zero-order valence-corrected chi connectivity index (χ0v) is 13.7. The highest BCUT2D eigenvalue weighted by Gasteiger charge is 2.24. The van der Waals surface area contributed by atoms with Crippen LogP contribution in [0.25, 0.3) is 0 Å². The van der Waals surface area contributed by atoms with Crippen LogP contribution in [-0.4, -0.2) is 29.6 Å². The molecule has 1 atom stereocenters. The molecule has 20 heavy (non-hydrogen) atoms. The third-order valence-corrected chi connectivity index (χ3v) is 4.72. The number of thioether (sulfide) groups is 1. The Hall–Kier alpha value is -0.740. The molecule has 0 amide bonds. The Morgan fingerprint density at radius 1 is 1.40 bits per heavy atom. The molecule has 1 aromatic rings. The normalized spacial score (nSPS) is 20.2. The van der Waals surface area contributed by atoms with Crippen LogP contribution in [-0.2, 0) is 6.54 Å². The Labute approximate surface area is 126 Å². The molecule has 1 heterocycles. The Bertz CT molecular complexity index is 456. The number of nitrogens with one attached hydrogen (secondary N) is 1. The van der Waals surface area contributed by atoms with Crippen molar-refractivity contribution in [2.75, 3.05) is 23.0 Å². The molecule has 2 rings (SSSR count). The molecule has 1 saturated heterocycles. The smallest absolute Gasteiger partial charge is 0.146 e. The number of anilines is 1. The van der Waals surface area contributed by atoms with Crippen LogP contribution in [0.3, 0.4) is 0 Å². The third-order valence-electron chi connectivity index (χ3n) is 3.53. The van der Waals surface area contributed by atoms with Crippen molar-refractivity contribution in [3.05, 3.63) is 29.6 Å². The Kier molecular flexibility index (Phi) is 4.97. The number of hydrogen-bond donors (Lipinski definition) is 1. The van der Waals surface area contributed by atoms with Crippen molar-refractivity contribution in [3.8, 4) is 0 Å². The van der Waals surface area contributed by atoms with Gasteiger partial charge in [-0.3, -0.25) is 0 Å². The fourth-order valence-corrected chi connectivity index (χ4v) is 3.46. The second-order valence-electron chi connectivity index (χ2n) is 6.47. The number of nitrogens with zero attached hydrogens (tertiary/aromatic N) is 1. The van der Waals surface area contributed by atoms with Crippen LogP contribution >= 0.6 is 11.8 Å². The number of para-hydroxylation sites is 1. The van der Waals surface area contributed by atoms with Gasteiger partial charge in [-0.15, -0.1) is 0 Å². The third kappa shape index (κ3) is 3.89. The SMILES string of the molecule is CC1CSCCN1c1c(F)cccc1CNC(C)(C)C. The summed E-state index contributed by atoms with van der Waals surface area (Å²) in [5.41, 5.74) is 1.88. The lowest BCUT2D eigenvalue weighted by atomic mass is 10.1. The zero-order valence-electron chi connectivity index (χ0n) is 12.9. The Morgan fingerprint density at radius 3 is 2.80 bits per heavy atom. The summed E-state index contributed by atoms with van der Waals surface area (Å²) in [5.74, 6) is 2.04. The van der Waals surface area contributed by atoms with E-state index in [1.54, 1.807) is 6.07 Å². The largest absolute Gasteiger partial charge is 0.365 e. The lowest BCUT2D eigenvalue weighted by Gasteiger charge is -2.37. The minimum absolute atomic E-state index is 0.0347. The summed E-state index contributed by atoms with van der Waals surface area (Å²) < 4.78 is 14.4. The number of hydrogen-bond acceptors (Lipinski definition) is 3. The van der Waals surface area contributed by atoms with Gasteiger partial charge in [-0.05, 0) is 39.3 Å². The van der Waals surface area contributed by atoms with Crippen molar-refractivity contribution in [2.24, 2.45) is 0 Å². The van der Waals surface area contributed by atoms with E-state index in [9.17, 15) is 4.39 Å². The van der Waals surface area contributed by atoms with Crippen LogP contribution in [0.5, 0.6) is 0 Å². The first-order valence-electron chi connectivity index (χ1n) is 7.25. The van der Waals surface area contributed by atoms with E-state index in [0.29, 0.717) is 12.6 Å². The van der Waals surface area contributed by atoms with E-state index in [1.807, 2.05) is 23.9 Å². The van der Waals surface area contributed by atoms with Crippen LogP contribution in [0.15, 0.2) is 18.2 Å². The van der Waals surface area contributed by atoms with Crippen molar-refractivity contribution in [1.82, 2.24) is 5.32 Å². The Balaban J connectivity index is 2.26. The molecule has 0 aromatic heterocycles. The fraction of sp³-hybridized carbons (Fsp3) is 0.625. The van der Waals surface area contributed by atoms with Gasteiger partial charge in [0.1, 0.15) is 5.82 Å². The number of benzene rings is 1. The minimum Gasteiger partial charge on any atom is -0.365 e. The lowest BCUT2D eigenvalue weighted by Crippen LogP contribution is -2.42. The van der Waals surface area contributed by atoms with Gasteiger partial charge in [0.05, 0.1) is 5.69 Å². The van der Waals surface area contributed by atoms with E-state index in [2.05, 4.69) is 37.9 Å². The van der Waals surface area contributed by atoms with Gasteiger partial charge in [-0.2, -0.15) is 11.8 Å². The Morgan fingerprint density at radius 2 is 2.15 bits per heavy atom. The predicted molar refractivity (Wildman–Crippen MR) is 87.1 cm³/mol. The average molecular weight is 296 g/mol. The van der Waals surface area contributed by atoms with Crippen LogP contribution in [0.1, 0.15) is 33.3 Å². The molecule has 1 N–H and O–H groups in total. The molecule has 1 aliphatic rings. The molecule has 1 fully saturated rings. The molecule has 1 aliphatic heterocycles. The van der Waals surface area contributed by atoms with E-state index in [-0.39, 0.29) is 11.4 Å². The van der Waals surface area contributed by atoms with Gasteiger partial charge < -0.3 is 10.2 Å². The highest BCUT2D eigenvalue weighted by Crippen LogP contribution is 2.30. The predicted octanol–water partition coefficient (Wildman–Crippen LogP) is 3.66. The maximum Gasteiger partial charge on any atom is 0.146 e. The van der Waals surface area contributed by atoms with E-state index in [1.165, 1.54) is 0 Å². The summed E-state index contributed by atoms with van der Waals surface area (Å²) in [6.45, 7) is 10.2. The molecule has 2 nitrogen and oxygen atoms in total. The maximum absolute atomic E-state index is 14.4. The van der Waals surface area contributed by atoms with Crippen LogP contribution in [0, 0.1) is 5.82 Å². The molecular formula is C16H25FN2S. The van der Waals surface area contributed by atoms with Gasteiger partial charge in [0.25, 0.3) is 0 Å². The van der Waals surface area contributed by atoms with E-state index in [4.69, 9.17) is 0 Å². The molecule has 1 unspecified atom stereocenters. The van der Waals surface area contributed by atoms with Crippen LogP contribution < -0.4 is 10.2 Å². The molecule has 0 saturated carbocycles. The quantitative estimate of drug-likeness (QED) is 0.916. The van der Waals surface area contributed by atoms with Gasteiger partial charge in [-0.25, -0.2) is 4.39 Å². The van der Waals surface area contributed by atoms with Crippen molar-refractivity contribution >= 4 is 17.4 Å². The first-order chi connectivity index (χ1) is 9.38. The molecule has 0 bridgehead atoms. The van der Waals surface area contributed by atoms with Crippen LogP contribution in [0.2, 0.25) is 0 Å². The standard InChI is InChI=1S/C16H25FN2S/c1-12-11-20-9-8-19(12)15-13(6-5-7-14(15)17)10-18-16(2,3)4/h5-7,12,18H,8-11H2,1-4H3. The van der Waals surface area contributed by atoms with Gasteiger partial charge >= 0.3 is 0 Å². The van der Waals surface area contributed by atoms with Crippen molar-refractivity contribution < 1.29 is 4.39 Å². The molecule has 1 aromatic carbocycles. The monoisotopic (exact) mass is 296 g/mol. The highest BCUT2D eigenvalue weighted by molar-refractivity contribution is 7.99. The van der Waals surface area contributed by atoms with Gasteiger partial charge in [0.15, 0.2) is 0 Å².